The molecule has 0 aliphatic carbocycles. The smallest absolute Gasteiger partial charge is 0.317 e. The predicted octanol–water partition coefficient (Wildman–Crippen LogP) is 3.08. The van der Waals surface area contributed by atoms with Gasteiger partial charge in [-0.2, -0.15) is 5.26 Å². The highest BCUT2D eigenvalue weighted by Gasteiger charge is 2.27. The number of likely N-dealkylation sites (tertiary alicyclic amines) is 1. The zero-order valence-electron chi connectivity index (χ0n) is 14.1. The SMILES string of the molecule is CC(C)CO[C@H]1CCN(C(=O)N[C@@H](C)c2ccc(C#N)cc2)C1. The zero-order chi connectivity index (χ0) is 16.8. The molecule has 1 aromatic carbocycles. The second-order valence-corrected chi connectivity index (χ2v) is 6.49. The Bertz CT molecular complexity index is 563. The average Bonchev–Trinajstić information content (AvgIpc) is 3.02. The number of carbonyl (C=O) groups is 1. The van der Waals surface area contributed by atoms with Gasteiger partial charge in [-0.1, -0.05) is 26.0 Å². The Morgan fingerprint density at radius 3 is 2.70 bits per heavy atom. The molecule has 0 spiro atoms. The lowest BCUT2D eigenvalue weighted by atomic mass is 10.1. The number of amides is 2. The van der Waals surface area contributed by atoms with Gasteiger partial charge in [0.05, 0.1) is 23.8 Å². The fourth-order valence-electron chi connectivity index (χ4n) is 2.58. The maximum Gasteiger partial charge on any atom is 0.317 e. The molecule has 1 saturated heterocycles. The summed E-state index contributed by atoms with van der Waals surface area (Å²) < 4.78 is 5.81. The van der Waals surface area contributed by atoms with Gasteiger partial charge >= 0.3 is 6.03 Å². The molecular weight excluding hydrogens is 290 g/mol. The summed E-state index contributed by atoms with van der Waals surface area (Å²) in [7, 11) is 0. The van der Waals surface area contributed by atoms with Crippen LogP contribution >= 0.6 is 0 Å². The van der Waals surface area contributed by atoms with E-state index in [-0.39, 0.29) is 18.2 Å². The molecule has 1 aromatic rings. The Morgan fingerprint density at radius 1 is 1.39 bits per heavy atom. The van der Waals surface area contributed by atoms with E-state index in [9.17, 15) is 4.79 Å². The largest absolute Gasteiger partial charge is 0.376 e. The first-order valence-electron chi connectivity index (χ1n) is 8.16. The number of hydrogen-bond acceptors (Lipinski definition) is 3. The summed E-state index contributed by atoms with van der Waals surface area (Å²) in [6.45, 7) is 8.31. The minimum Gasteiger partial charge on any atom is -0.376 e. The van der Waals surface area contributed by atoms with E-state index in [0.717, 1.165) is 25.1 Å². The fraction of sp³-hybridized carbons (Fsp3) is 0.556. The third-order valence-electron chi connectivity index (χ3n) is 3.98. The van der Waals surface area contributed by atoms with Gasteiger partial charge in [-0.15, -0.1) is 0 Å². The van der Waals surface area contributed by atoms with Crippen molar-refractivity contribution >= 4 is 6.03 Å². The summed E-state index contributed by atoms with van der Waals surface area (Å²) in [5.41, 5.74) is 1.61. The van der Waals surface area contributed by atoms with Gasteiger partial charge < -0.3 is 15.0 Å². The highest BCUT2D eigenvalue weighted by Crippen LogP contribution is 2.17. The molecule has 1 aliphatic rings. The first-order valence-corrected chi connectivity index (χ1v) is 8.16. The Morgan fingerprint density at radius 2 is 2.09 bits per heavy atom. The van der Waals surface area contributed by atoms with Crippen molar-refractivity contribution in [2.75, 3.05) is 19.7 Å². The molecule has 0 aromatic heterocycles. The molecular formula is C18H25N3O2. The number of urea groups is 1. The topological polar surface area (TPSA) is 65.4 Å². The van der Waals surface area contributed by atoms with Gasteiger partial charge in [0.2, 0.25) is 0 Å². The van der Waals surface area contributed by atoms with Crippen LogP contribution in [0.4, 0.5) is 4.79 Å². The number of nitrogens with zero attached hydrogens (tertiary/aromatic N) is 2. The van der Waals surface area contributed by atoms with Gasteiger partial charge in [-0.05, 0) is 37.0 Å². The van der Waals surface area contributed by atoms with E-state index in [1.807, 2.05) is 24.0 Å². The second-order valence-electron chi connectivity index (χ2n) is 6.49. The van der Waals surface area contributed by atoms with Gasteiger partial charge in [0.1, 0.15) is 0 Å². The minimum absolute atomic E-state index is 0.0579. The highest BCUT2D eigenvalue weighted by atomic mass is 16.5. The number of ether oxygens (including phenoxy) is 1. The molecule has 2 atom stereocenters. The molecule has 5 nitrogen and oxygen atoms in total. The van der Waals surface area contributed by atoms with E-state index in [1.165, 1.54) is 0 Å². The minimum atomic E-state index is -0.0918. The van der Waals surface area contributed by atoms with Gasteiger partial charge in [-0.25, -0.2) is 4.79 Å². The summed E-state index contributed by atoms with van der Waals surface area (Å²) in [4.78, 5) is 14.2. The Kier molecular flexibility index (Phi) is 6.00. The van der Waals surface area contributed by atoms with Crippen molar-refractivity contribution in [3.8, 4) is 6.07 Å². The van der Waals surface area contributed by atoms with Crippen LogP contribution in [0.2, 0.25) is 0 Å². The molecule has 124 valence electrons. The Labute approximate surface area is 138 Å². The van der Waals surface area contributed by atoms with Crippen molar-refractivity contribution in [1.82, 2.24) is 10.2 Å². The normalized spacial score (nSPS) is 18.7. The number of benzene rings is 1. The second kappa shape index (κ2) is 7.98. The quantitative estimate of drug-likeness (QED) is 0.908. The molecule has 1 N–H and O–H groups in total. The van der Waals surface area contributed by atoms with Crippen molar-refractivity contribution in [3.05, 3.63) is 35.4 Å². The molecule has 2 rings (SSSR count). The number of nitrogens with one attached hydrogen (secondary N) is 1. The van der Waals surface area contributed by atoms with Gasteiger partial charge in [0.15, 0.2) is 0 Å². The summed E-state index contributed by atoms with van der Waals surface area (Å²) in [6, 6.07) is 9.23. The van der Waals surface area contributed by atoms with Crippen molar-refractivity contribution in [2.45, 2.75) is 39.3 Å². The maximum absolute atomic E-state index is 12.3. The Balaban J connectivity index is 1.83. The van der Waals surface area contributed by atoms with Crippen LogP contribution in [0.5, 0.6) is 0 Å². The number of rotatable bonds is 5. The molecule has 0 saturated carbocycles. The lowest BCUT2D eigenvalue weighted by Crippen LogP contribution is -2.40. The van der Waals surface area contributed by atoms with E-state index in [0.29, 0.717) is 18.0 Å². The lowest BCUT2D eigenvalue weighted by Gasteiger charge is -2.21. The predicted molar refractivity (Wildman–Crippen MR) is 88.9 cm³/mol. The molecule has 5 heteroatoms. The summed E-state index contributed by atoms with van der Waals surface area (Å²) >= 11 is 0. The molecule has 0 radical (unpaired) electrons. The lowest BCUT2D eigenvalue weighted by molar-refractivity contribution is 0.0435. The average molecular weight is 315 g/mol. The fourth-order valence-corrected chi connectivity index (χ4v) is 2.58. The summed E-state index contributed by atoms with van der Waals surface area (Å²) in [6.07, 6.45) is 1.04. The summed E-state index contributed by atoms with van der Waals surface area (Å²) in [5.74, 6) is 0.509. The number of nitriles is 1. The van der Waals surface area contributed by atoms with Crippen LogP contribution in [0.25, 0.3) is 0 Å². The monoisotopic (exact) mass is 315 g/mol. The standard InChI is InChI=1S/C18H25N3O2/c1-13(2)12-23-17-8-9-21(11-17)18(22)20-14(3)16-6-4-15(10-19)5-7-16/h4-7,13-14,17H,8-9,11-12H2,1-3H3,(H,20,22)/t14-,17-/m0/s1. The third kappa shape index (κ3) is 4.97. The molecule has 0 unspecified atom stereocenters. The third-order valence-corrected chi connectivity index (χ3v) is 3.98. The van der Waals surface area contributed by atoms with Crippen molar-refractivity contribution in [3.63, 3.8) is 0 Å². The molecule has 0 bridgehead atoms. The van der Waals surface area contributed by atoms with Gasteiger partial charge in [0.25, 0.3) is 0 Å². The van der Waals surface area contributed by atoms with Crippen LogP contribution in [-0.4, -0.2) is 36.7 Å². The Hall–Kier alpha value is -2.06. The maximum atomic E-state index is 12.3. The van der Waals surface area contributed by atoms with Gasteiger partial charge in [0, 0.05) is 19.7 Å². The molecule has 1 aliphatic heterocycles. The first kappa shape index (κ1) is 17.3. The molecule has 2 amide bonds. The number of carbonyl (C=O) groups excluding carboxylic acids is 1. The molecule has 1 fully saturated rings. The van der Waals surface area contributed by atoms with Crippen LogP contribution in [0.15, 0.2) is 24.3 Å². The van der Waals surface area contributed by atoms with Crippen molar-refractivity contribution < 1.29 is 9.53 Å². The highest BCUT2D eigenvalue weighted by molar-refractivity contribution is 5.75. The van der Waals surface area contributed by atoms with Crippen LogP contribution in [0.3, 0.4) is 0 Å². The van der Waals surface area contributed by atoms with Crippen LogP contribution in [-0.2, 0) is 4.74 Å². The van der Waals surface area contributed by atoms with Crippen LogP contribution < -0.4 is 5.32 Å². The van der Waals surface area contributed by atoms with Gasteiger partial charge in [-0.3, -0.25) is 0 Å². The van der Waals surface area contributed by atoms with E-state index in [1.54, 1.807) is 12.1 Å². The van der Waals surface area contributed by atoms with Crippen LogP contribution in [0.1, 0.15) is 44.4 Å². The van der Waals surface area contributed by atoms with E-state index in [2.05, 4.69) is 25.2 Å². The van der Waals surface area contributed by atoms with E-state index >= 15 is 0 Å². The zero-order valence-corrected chi connectivity index (χ0v) is 14.1. The van der Waals surface area contributed by atoms with Crippen molar-refractivity contribution in [2.24, 2.45) is 5.92 Å². The van der Waals surface area contributed by atoms with Crippen LogP contribution in [0, 0.1) is 17.2 Å². The molecule has 23 heavy (non-hydrogen) atoms. The van der Waals surface area contributed by atoms with E-state index in [4.69, 9.17) is 10.00 Å². The first-order chi connectivity index (χ1) is 11.0. The summed E-state index contributed by atoms with van der Waals surface area (Å²) in [5, 5.41) is 11.8. The number of hydrogen-bond donors (Lipinski definition) is 1. The van der Waals surface area contributed by atoms with Crippen molar-refractivity contribution in [1.29, 1.82) is 5.26 Å². The van der Waals surface area contributed by atoms with E-state index < -0.39 is 0 Å². The molecule has 1 heterocycles.